The number of nitrogens with zero attached hydrogens (tertiary/aromatic N) is 2. The number of aryl methyl sites for hydroxylation is 1. The van der Waals surface area contributed by atoms with E-state index >= 15 is 0 Å². The molecule has 0 radical (unpaired) electrons. The van der Waals surface area contributed by atoms with Crippen LogP contribution in [0.2, 0.25) is 0 Å². The van der Waals surface area contributed by atoms with E-state index in [-0.39, 0.29) is 0 Å². The molecule has 16 heavy (non-hydrogen) atoms. The highest BCUT2D eigenvalue weighted by molar-refractivity contribution is 7.91. The third-order valence-corrected chi connectivity index (χ3v) is 6.13. The monoisotopic (exact) mass is 261 g/mol. The van der Waals surface area contributed by atoms with Gasteiger partial charge in [0.05, 0.1) is 5.69 Å². The molecule has 1 fully saturated rings. The lowest BCUT2D eigenvalue weighted by Gasteiger charge is -2.25. The maximum Gasteiger partial charge on any atom is 0.254 e. The number of aromatic nitrogens is 1. The first-order valence-corrected chi connectivity index (χ1v) is 7.50. The highest BCUT2D eigenvalue weighted by Gasteiger charge is 2.29. The van der Waals surface area contributed by atoms with Crippen LogP contribution in [-0.4, -0.2) is 30.8 Å². The summed E-state index contributed by atoms with van der Waals surface area (Å²) in [6, 6.07) is 0. The van der Waals surface area contributed by atoms with Gasteiger partial charge in [-0.3, -0.25) is 0 Å². The quantitative estimate of drug-likeness (QED) is 0.868. The van der Waals surface area contributed by atoms with Crippen molar-refractivity contribution in [3.63, 3.8) is 0 Å². The van der Waals surface area contributed by atoms with Gasteiger partial charge in [0, 0.05) is 13.1 Å². The molecule has 0 aliphatic carbocycles. The number of rotatable bonds is 2. The van der Waals surface area contributed by atoms with Crippen LogP contribution >= 0.6 is 11.3 Å². The van der Waals surface area contributed by atoms with Crippen molar-refractivity contribution in [3.8, 4) is 0 Å². The smallest absolute Gasteiger partial charge is 0.254 e. The minimum absolute atomic E-state index is 0.298. The van der Waals surface area contributed by atoms with Crippen LogP contribution in [0.25, 0.3) is 0 Å². The molecule has 1 aliphatic heterocycles. The van der Waals surface area contributed by atoms with Crippen molar-refractivity contribution >= 4 is 26.5 Å². The summed E-state index contributed by atoms with van der Waals surface area (Å²) >= 11 is 1.05. The van der Waals surface area contributed by atoms with Crippen molar-refractivity contribution in [1.29, 1.82) is 0 Å². The summed E-state index contributed by atoms with van der Waals surface area (Å²) in [6.45, 7) is 2.91. The van der Waals surface area contributed by atoms with Crippen molar-refractivity contribution in [3.05, 3.63) is 5.69 Å². The lowest BCUT2D eigenvalue weighted by molar-refractivity contribution is 0.347. The molecule has 0 aromatic carbocycles. The summed E-state index contributed by atoms with van der Waals surface area (Å²) < 4.78 is 26.4. The first-order chi connectivity index (χ1) is 7.51. The molecule has 5 nitrogen and oxygen atoms in total. The minimum Gasteiger partial charge on any atom is -0.375 e. The lowest BCUT2D eigenvalue weighted by Crippen LogP contribution is -2.35. The highest BCUT2D eigenvalue weighted by Crippen LogP contribution is 2.29. The fraction of sp³-hybridized carbons (Fsp3) is 0.667. The van der Waals surface area contributed by atoms with E-state index in [0.717, 1.165) is 30.6 Å². The number of sulfonamides is 1. The van der Waals surface area contributed by atoms with E-state index in [1.807, 2.05) is 0 Å². The molecule has 0 atom stereocenters. The molecule has 7 heteroatoms. The van der Waals surface area contributed by atoms with Crippen LogP contribution in [-0.2, 0) is 10.0 Å². The molecule has 1 aromatic rings. The summed E-state index contributed by atoms with van der Waals surface area (Å²) in [7, 11) is -3.36. The second-order valence-electron chi connectivity index (χ2n) is 3.89. The fourth-order valence-corrected chi connectivity index (χ4v) is 4.82. The molecule has 2 N–H and O–H groups in total. The zero-order chi connectivity index (χ0) is 11.8. The second-order valence-corrected chi connectivity index (χ2v) is 7.05. The van der Waals surface area contributed by atoms with Crippen molar-refractivity contribution in [1.82, 2.24) is 9.29 Å². The van der Waals surface area contributed by atoms with Crippen molar-refractivity contribution in [2.75, 3.05) is 18.8 Å². The van der Waals surface area contributed by atoms with Crippen LogP contribution in [0.1, 0.15) is 25.0 Å². The molecule has 0 amide bonds. The van der Waals surface area contributed by atoms with E-state index in [9.17, 15) is 8.42 Å². The molecule has 0 saturated carbocycles. The average molecular weight is 261 g/mol. The van der Waals surface area contributed by atoms with Crippen molar-refractivity contribution in [2.45, 2.75) is 30.4 Å². The Labute approximate surface area is 99.3 Å². The lowest BCUT2D eigenvalue weighted by atomic mass is 10.2. The number of hydrogen-bond donors (Lipinski definition) is 1. The highest BCUT2D eigenvalue weighted by atomic mass is 32.2. The van der Waals surface area contributed by atoms with E-state index in [1.54, 1.807) is 6.92 Å². The standard InChI is InChI=1S/C9H15N3O2S2/c1-7-8(15-9(10)11-7)16(13,14)12-5-3-2-4-6-12/h2-6H2,1H3,(H2,10,11). The third-order valence-electron chi connectivity index (χ3n) is 2.66. The molecule has 90 valence electrons. The molecular weight excluding hydrogens is 246 g/mol. The first-order valence-electron chi connectivity index (χ1n) is 5.25. The summed E-state index contributed by atoms with van der Waals surface area (Å²) in [6.07, 6.45) is 2.98. The summed E-state index contributed by atoms with van der Waals surface area (Å²) in [5, 5.41) is 0.313. The molecule has 0 bridgehead atoms. The van der Waals surface area contributed by atoms with E-state index in [2.05, 4.69) is 4.98 Å². The zero-order valence-electron chi connectivity index (χ0n) is 9.14. The number of thiazole rings is 1. The Morgan fingerprint density at radius 3 is 2.44 bits per heavy atom. The Hall–Kier alpha value is -0.660. The van der Waals surface area contributed by atoms with E-state index < -0.39 is 10.0 Å². The van der Waals surface area contributed by atoms with Gasteiger partial charge in [0.1, 0.15) is 0 Å². The summed E-state index contributed by atoms with van der Waals surface area (Å²) in [5.41, 5.74) is 6.04. The van der Waals surface area contributed by atoms with Gasteiger partial charge in [-0.15, -0.1) is 0 Å². The molecular formula is C9H15N3O2S2. The van der Waals surface area contributed by atoms with Gasteiger partial charge in [0.15, 0.2) is 9.34 Å². The Bertz CT molecular complexity index is 475. The minimum atomic E-state index is -3.36. The summed E-state index contributed by atoms with van der Waals surface area (Å²) in [4.78, 5) is 3.96. The van der Waals surface area contributed by atoms with Gasteiger partial charge in [-0.05, 0) is 19.8 Å². The molecule has 0 unspecified atom stereocenters. The Morgan fingerprint density at radius 2 is 1.94 bits per heavy atom. The number of nitrogen functional groups attached to an aromatic ring is 1. The van der Waals surface area contributed by atoms with Gasteiger partial charge >= 0.3 is 0 Å². The van der Waals surface area contributed by atoms with Crippen LogP contribution in [0.15, 0.2) is 4.21 Å². The fourth-order valence-electron chi connectivity index (χ4n) is 1.86. The Morgan fingerprint density at radius 1 is 1.31 bits per heavy atom. The van der Waals surface area contributed by atoms with Crippen molar-refractivity contribution < 1.29 is 8.42 Å². The largest absolute Gasteiger partial charge is 0.375 e. The normalized spacial score (nSPS) is 18.8. The number of anilines is 1. The van der Waals surface area contributed by atoms with Gasteiger partial charge in [0.25, 0.3) is 10.0 Å². The van der Waals surface area contributed by atoms with Crippen molar-refractivity contribution in [2.24, 2.45) is 0 Å². The zero-order valence-corrected chi connectivity index (χ0v) is 10.8. The number of piperidine rings is 1. The molecule has 0 spiro atoms. The molecule has 2 heterocycles. The second kappa shape index (κ2) is 4.31. The molecule has 1 aliphatic rings. The summed E-state index contributed by atoms with van der Waals surface area (Å²) in [5.74, 6) is 0. The van der Waals surface area contributed by atoms with Crippen LogP contribution in [0.5, 0.6) is 0 Å². The van der Waals surface area contributed by atoms with Crippen LogP contribution < -0.4 is 5.73 Å². The van der Waals surface area contributed by atoms with Gasteiger partial charge < -0.3 is 5.73 Å². The number of nitrogens with two attached hydrogens (primary N) is 1. The molecule has 2 rings (SSSR count). The predicted octanol–water partition coefficient (Wildman–Crippen LogP) is 1.21. The Kier molecular flexibility index (Phi) is 3.18. The number of hydrogen-bond acceptors (Lipinski definition) is 5. The average Bonchev–Trinajstić information content (AvgIpc) is 2.60. The maximum atomic E-state index is 12.3. The van der Waals surface area contributed by atoms with Gasteiger partial charge in [-0.1, -0.05) is 17.8 Å². The topological polar surface area (TPSA) is 76.3 Å². The first kappa shape index (κ1) is 11.8. The SMILES string of the molecule is Cc1nc(N)sc1S(=O)(=O)N1CCCCC1. The van der Waals surface area contributed by atoms with Crippen LogP contribution in [0, 0.1) is 6.92 Å². The maximum absolute atomic E-state index is 12.3. The van der Waals surface area contributed by atoms with Gasteiger partial charge in [-0.2, -0.15) is 4.31 Å². The predicted molar refractivity (Wildman–Crippen MR) is 63.9 cm³/mol. The third kappa shape index (κ3) is 2.07. The molecule has 1 aromatic heterocycles. The van der Waals surface area contributed by atoms with Gasteiger partial charge in [0.2, 0.25) is 0 Å². The van der Waals surface area contributed by atoms with E-state index in [1.165, 1.54) is 4.31 Å². The molecule has 1 saturated heterocycles. The van der Waals surface area contributed by atoms with Crippen LogP contribution in [0.3, 0.4) is 0 Å². The van der Waals surface area contributed by atoms with E-state index in [0.29, 0.717) is 28.1 Å². The van der Waals surface area contributed by atoms with Gasteiger partial charge in [-0.25, -0.2) is 13.4 Å². The Balaban J connectivity index is 2.34. The van der Waals surface area contributed by atoms with E-state index in [4.69, 9.17) is 5.73 Å². The van der Waals surface area contributed by atoms with Crippen LogP contribution in [0.4, 0.5) is 5.13 Å².